The molecule has 1 aliphatic heterocycles. The highest BCUT2D eigenvalue weighted by atomic mass is 16.5. The average Bonchev–Trinajstić information content (AvgIpc) is 3.20. The molecule has 0 fully saturated rings. The molecule has 168 valence electrons. The van der Waals surface area contributed by atoms with Crippen molar-refractivity contribution in [3.8, 4) is 17.2 Å². The van der Waals surface area contributed by atoms with Gasteiger partial charge in [-0.1, -0.05) is 30.3 Å². The molecule has 0 aliphatic carbocycles. The normalized spacial score (nSPS) is 14.1. The maximum atomic E-state index is 12.4. The summed E-state index contributed by atoms with van der Waals surface area (Å²) in [6.07, 6.45) is 2.32. The molecule has 0 N–H and O–H groups in total. The quantitative estimate of drug-likeness (QED) is 0.296. The zero-order valence-corrected chi connectivity index (χ0v) is 18.8. The number of likely N-dealkylation sites (N-methyl/N-ethyl adjacent to an activating group) is 1. The van der Waals surface area contributed by atoms with Crippen LogP contribution in [-0.4, -0.2) is 53.4 Å². The second-order valence-corrected chi connectivity index (χ2v) is 8.07. The minimum Gasteiger partial charge on any atom is -0.493 e. The number of hydrogen-bond acceptors (Lipinski definition) is 5. The lowest BCUT2D eigenvalue weighted by atomic mass is 9.91. The Labute approximate surface area is 192 Å². The third-order valence-corrected chi connectivity index (χ3v) is 5.71. The second-order valence-electron chi connectivity index (χ2n) is 8.07. The van der Waals surface area contributed by atoms with Crippen LogP contribution in [0, 0.1) is 6.92 Å². The molecule has 0 unspecified atom stereocenters. The number of ketones is 1. The molecule has 0 radical (unpaired) electrons. The molecule has 1 aromatic heterocycles. The summed E-state index contributed by atoms with van der Waals surface area (Å²) in [5.74, 6) is 1.85. The standard InChI is InChI=1S/C26H26N4O3/c1-18-24(29-26(33-18)19-7-4-3-5-8-19)12-14-32-21-10-6-9-20(15-21)22-11-13-30(2)17-23(22)25(31)16-28-27/h3-10,15-16H,11-14,17H2,1-2H3. The predicted molar refractivity (Wildman–Crippen MR) is 126 cm³/mol. The summed E-state index contributed by atoms with van der Waals surface area (Å²) in [5, 5.41) is 0. The van der Waals surface area contributed by atoms with Gasteiger partial charge in [0.2, 0.25) is 5.89 Å². The third-order valence-electron chi connectivity index (χ3n) is 5.71. The zero-order valence-electron chi connectivity index (χ0n) is 18.8. The lowest BCUT2D eigenvalue weighted by Crippen LogP contribution is -2.31. The molecular weight excluding hydrogens is 416 g/mol. The number of Topliss-reactive ketones (excluding diaryl/α,β-unsaturated/α-hetero) is 1. The molecule has 0 saturated heterocycles. The fourth-order valence-electron chi connectivity index (χ4n) is 3.98. The minimum atomic E-state index is -0.277. The number of aryl methyl sites for hydroxylation is 1. The number of carbonyl (C=O) groups is 1. The van der Waals surface area contributed by atoms with Crippen LogP contribution in [0.1, 0.15) is 23.4 Å². The van der Waals surface area contributed by atoms with E-state index in [0.29, 0.717) is 31.0 Å². The van der Waals surface area contributed by atoms with Crippen molar-refractivity contribution in [2.75, 3.05) is 26.7 Å². The number of ether oxygens (including phenoxy) is 1. The van der Waals surface area contributed by atoms with Gasteiger partial charge in [0.1, 0.15) is 11.5 Å². The largest absolute Gasteiger partial charge is 0.493 e. The predicted octanol–water partition coefficient (Wildman–Crippen LogP) is 4.23. The van der Waals surface area contributed by atoms with Crippen molar-refractivity contribution in [1.29, 1.82) is 0 Å². The van der Waals surface area contributed by atoms with Gasteiger partial charge in [-0.2, -0.15) is 4.79 Å². The van der Waals surface area contributed by atoms with Gasteiger partial charge in [0, 0.05) is 30.6 Å². The summed E-state index contributed by atoms with van der Waals surface area (Å²) < 4.78 is 11.8. The first-order chi connectivity index (χ1) is 16.0. The summed E-state index contributed by atoms with van der Waals surface area (Å²) in [6, 6.07) is 17.6. The smallest absolute Gasteiger partial charge is 0.327 e. The molecule has 0 bridgehead atoms. The van der Waals surface area contributed by atoms with E-state index >= 15 is 0 Å². The van der Waals surface area contributed by atoms with Gasteiger partial charge >= 0.3 is 6.21 Å². The summed E-state index contributed by atoms with van der Waals surface area (Å²) in [7, 11) is 1.97. The maximum absolute atomic E-state index is 12.4. The molecule has 0 saturated carbocycles. The Kier molecular flexibility index (Phi) is 6.93. The molecule has 33 heavy (non-hydrogen) atoms. The second kappa shape index (κ2) is 10.2. The van der Waals surface area contributed by atoms with Crippen molar-refractivity contribution in [2.45, 2.75) is 19.8 Å². The van der Waals surface area contributed by atoms with Crippen LogP contribution in [0.15, 0.2) is 64.6 Å². The fourth-order valence-corrected chi connectivity index (χ4v) is 3.98. The lowest BCUT2D eigenvalue weighted by Gasteiger charge is -2.26. The zero-order chi connectivity index (χ0) is 23.2. The Balaban J connectivity index is 1.47. The Hall–Kier alpha value is -3.80. The molecule has 4 rings (SSSR count). The Morgan fingerprint density at radius 1 is 1.21 bits per heavy atom. The van der Waals surface area contributed by atoms with Gasteiger partial charge in [0.15, 0.2) is 0 Å². The molecular formula is C26H26N4O3. The van der Waals surface area contributed by atoms with E-state index in [4.69, 9.17) is 14.7 Å². The fraction of sp³-hybridized carbons (Fsp3) is 0.269. The SMILES string of the molecule is Cc1oc(-c2ccccc2)nc1CCOc1cccc(C2=C(C(=O)C=[N+]=[N-])CN(C)CC2)c1. The topological polar surface area (TPSA) is 92.0 Å². The number of oxazole rings is 1. The Bertz CT molecular complexity index is 1220. The van der Waals surface area contributed by atoms with Gasteiger partial charge in [-0.3, -0.25) is 4.79 Å². The summed E-state index contributed by atoms with van der Waals surface area (Å²) >= 11 is 0. The van der Waals surface area contributed by atoms with E-state index in [0.717, 1.165) is 53.1 Å². The molecule has 7 nitrogen and oxygen atoms in total. The van der Waals surface area contributed by atoms with Crippen LogP contribution in [0.4, 0.5) is 0 Å². The number of hydrogen-bond donors (Lipinski definition) is 0. The van der Waals surface area contributed by atoms with Crippen molar-refractivity contribution in [3.63, 3.8) is 0 Å². The van der Waals surface area contributed by atoms with Crippen LogP contribution in [-0.2, 0) is 11.2 Å². The number of carbonyl (C=O) groups excluding carboxylic acids is 1. The highest BCUT2D eigenvalue weighted by molar-refractivity contribution is 6.35. The van der Waals surface area contributed by atoms with E-state index in [1.165, 1.54) is 0 Å². The van der Waals surface area contributed by atoms with Crippen LogP contribution in [0.25, 0.3) is 22.6 Å². The summed E-state index contributed by atoms with van der Waals surface area (Å²) in [4.78, 5) is 22.1. The molecule has 0 spiro atoms. The highest BCUT2D eigenvalue weighted by Crippen LogP contribution is 2.30. The maximum Gasteiger partial charge on any atom is 0.327 e. The van der Waals surface area contributed by atoms with E-state index in [9.17, 15) is 4.79 Å². The van der Waals surface area contributed by atoms with Crippen LogP contribution >= 0.6 is 0 Å². The van der Waals surface area contributed by atoms with E-state index in [2.05, 4.69) is 14.7 Å². The van der Waals surface area contributed by atoms with Crippen molar-refractivity contribution in [3.05, 3.63) is 82.7 Å². The van der Waals surface area contributed by atoms with Gasteiger partial charge in [0.25, 0.3) is 5.78 Å². The van der Waals surface area contributed by atoms with Gasteiger partial charge in [-0.05, 0) is 55.8 Å². The third kappa shape index (κ3) is 5.34. The van der Waals surface area contributed by atoms with E-state index in [1.54, 1.807) is 0 Å². The van der Waals surface area contributed by atoms with Crippen LogP contribution < -0.4 is 4.74 Å². The first-order valence-corrected chi connectivity index (χ1v) is 10.9. The first kappa shape index (κ1) is 22.4. The summed E-state index contributed by atoms with van der Waals surface area (Å²) in [6.45, 7) is 3.73. The molecule has 0 amide bonds. The average molecular weight is 443 g/mol. The van der Waals surface area contributed by atoms with Gasteiger partial charge in [-0.15, -0.1) is 0 Å². The summed E-state index contributed by atoms with van der Waals surface area (Å²) in [5.41, 5.74) is 13.2. The Morgan fingerprint density at radius 2 is 2.00 bits per heavy atom. The molecule has 2 aromatic carbocycles. The van der Waals surface area contributed by atoms with Gasteiger partial charge < -0.3 is 19.6 Å². The molecule has 7 heteroatoms. The first-order valence-electron chi connectivity index (χ1n) is 10.9. The number of nitrogens with zero attached hydrogens (tertiary/aromatic N) is 4. The van der Waals surface area contributed by atoms with Crippen molar-refractivity contribution >= 4 is 17.6 Å². The minimum absolute atomic E-state index is 0.277. The van der Waals surface area contributed by atoms with E-state index in [-0.39, 0.29) is 5.78 Å². The number of rotatable bonds is 8. The van der Waals surface area contributed by atoms with Gasteiger partial charge in [0.05, 0.1) is 12.3 Å². The number of aromatic nitrogens is 1. The van der Waals surface area contributed by atoms with Crippen LogP contribution in [0.2, 0.25) is 0 Å². The van der Waals surface area contributed by atoms with Crippen LogP contribution in [0.3, 0.4) is 0 Å². The molecule has 2 heterocycles. The van der Waals surface area contributed by atoms with E-state index < -0.39 is 0 Å². The molecule has 1 aliphatic rings. The van der Waals surface area contributed by atoms with Crippen molar-refractivity contribution in [1.82, 2.24) is 9.88 Å². The van der Waals surface area contributed by atoms with Crippen molar-refractivity contribution < 1.29 is 18.7 Å². The van der Waals surface area contributed by atoms with Crippen LogP contribution in [0.5, 0.6) is 5.75 Å². The highest BCUT2D eigenvalue weighted by Gasteiger charge is 2.24. The monoisotopic (exact) mass is 442 g/mol. The molecule has 0 atom stereocenters. The van der Waals surface area contributed by atoms with Crippen molar-refractivity contribution in [2.24, 2.45) is 0 Å². The number of benzene rings is 2. The van der Waals surface area contributed by atoms with E-state index in [1.807, 2.05) is 68.6 Å². The van der Waals surface area contributed by atoms with Gasteiger partial charge in [-0.25, -0.2) is 4.98 Å². The molecule has 3 aromatic rings. The Morgan fingerprint density at radius 3 is 2.79 bits per heavy atom. The lowest BCUT2D eigenvalue weighted by molar-refractivity contribution is -0.113.